The lowest BCUT2D eigenvalue weighted by atomic mass is 10.0. The molecule has 1 atom stereocenters. The second-order valence-electron chi connectivity index (χ2n) is 7.34. The van der Waals surface area contributed by atoms with Gasteiger partial charge in [0.15, 0.2) is 5.96 Å². The quantitative estimate of drug-likeness (QED) is 0.367. The van der Waals surface area contributed by atoms with E-state index in [0.29, 0.717) is 43.0 Å². The van der Waals surface area contributed by atoms with Crippen LogP contribution in [0.5, 0.6) is 0 Å². The molecular weight excluding hydrogens is 417 g/mol. The molecule has 0 radical (unpaired) electrons. The Hall–Kier alpha value is -3.50. The van der Waals surface area contributed by atoms with E-state index in [0.717, 1.165) is 5.69 Å². The maximum Gasteiger partial charge on any atom is 0.320 e. The summed E-state index contributed by atoms with van der Waals surface area (Å²) in [5.74, 6) is -2.11. The van der Waals surface area contributed by atoms with Crippen LogP contribution in [-0.2, 0) is 22.5 Å². The molecule has 9 nitrogen and oxygen atoms in total. The molecule has 6 N–H and O–H groups in total. The van der Waals surface area contributed by atoms with Gasteiger partial charge in [0.05, 0.1) is 19.8 Å². The minimum atomic E-state index is -1.09. The number of morpholine rings is 1. The van der Waals surface area contributed by atoms with Crippen molar-refractivity contribution in [1.29, 1.82) is 0 Å². The molecule has 0 aliphatic carbocycles. The smallest absolute Gasteiger partial charge is 0.320 e. The number of hydrogen-bond acceptors (Lipinski definition) is 6. The third kappa shape index (κ3) is 6.02. The van der Waals surface area contributed by atoms with Gasteiger partial charge in [-0.25, -0.2) is 9.38 Å². The third-order valence-corrected chi connectivity index (χ3v) is 5.08. The Morgan fingerprint density at radius 3 is 2.53 bits per heavy atom. The average Bonchev–Trinajstić information content (AvgIpc) is 2.79. The fraction of sp³-hybridized carbons (Fsp3) is 0.318. The maximum absolute atomic E-state index is 14.5. The van der Waals surface area contributed by atoms with E-state index in [1.165, 1.54) is 6.07 Å². The van der Waals surface area contributed by atoms with Crippen molar-refractivity contribution < 1.29 is 23.8 Å². The van der Waals surface area contributed by atoms with Crippen LogP contribution in [0.1, 0.15) is 21.5 Å². The van der Waals surface area contributed by atoms with Crippen molar-refractivity contribution in [3.8, 4) is 0 Å². The number of anilines is 1. The lowest BCUT2D eigenvalue weighted by Gasteiger charge is -2.30. The number of nitrogens with two attached hydrogens (primary N) is 2. The van der Waals surface area contributed by atoms with E-state index in [4.69, 9.17) is 21.3 Å². The highest BCUT2D eigenvalue weighted by atomic mass is 19.1. The number of ether oxygens (including phenoxy) is 1. The second kappa shape index (κ2) is 10.7. The summed E-state index contributed by atoms with van der Waals surface area (Å²) >= 11 is 0. The fourth-order valence-corrected chi connectivity index (χ4v) is 3.33. The molecule has 0 spiro atoms. The first-order valence-corrected chi connectivity index (χ1v) is 10.1. The van der Waals surface area contributed by atoms with Gasteiger partial charge >= 0.3 is 5.97 Å². The van der Waals surface area contributed by atoms with Gasteiger partial charge in [-0.3, -0.25) is 14.9 Å². The number of carboxylic acid groups (broad SMARTS) is 1. The van der Waals surface area contributed by atoms with Gasteiger partial charge in [0.2, 0.25) is 0 Å². The zero-order chi connectivity index (χ0) is 23.1. The predicted molar refractivity (Wildman–Crippen MR) is 118 cm³/mol. The Balaban J connectivity index is 1.64. The number of hydrogen-bond donors (Lipinski definition) is 4. The van der Waals surface area contributed by atoms with Gasteiger partial charge in [0.1, 0.15) is 11.9 Å². The van der Waals surface area contributed by atoms with Gasteiger partial charge in [-0.1, -0.05) is 18.2 Å². The molecule has 3 rings (SSSR count). The molecule has 0 saturated carbocycles. The molecule has 10 heteroatoms. The van der Waals surface area contributed by atoms with Gasteiger partial charge in [0, 0.05) is 29.9 Å². The Kier molecular flexibility index (Phi) is 7.74. The number of carbonyl (C=O) groups excluding carboxylic acids is 1. The highest BCUT2D eigenvalue weighted by molar-refractivity contribution is 6.05. The number of aliphatic carboxylic acids is 1. The van der Waals surface area contributed by atoms with Crippen LogP contribution in [0.4, 0.5) is 10.1 Å². The monoisotopic (exact) mass is 443 g/mol. The number of carbonyl (C=O) groups is 2. The number of aliphatic imine (C=N–C) groups is 1. The molecule has 170 valence electrons. The van der Waals surface area contributed by atoms with Crippen LogP contribution in [0.25, 0.3) is 0 Å². The van der Waals surface area contributed by atoms with Crippen molar-refractivity contribution in [2.45, 2.75) is 19.0 Å². The van der Waals surface area contributed by atoms with Crippen molar-refractivity contribution >= 4 is 23.5 Å². The van der Waals surface area contributed by atoms with Crippen LogP contribution in [0.3, 0.4) is 0 Å². The maximum atomic E-state index is 14.5. The fourth-order valence-electron chi connectivity index (χ4n) is 3.33. The number of carboxylic acids is 1. The number of nitrogens with zero attached hydrogens (tertiary/aromatic N) is 2. The standard InChI is InChI=1S/C22H26FN5O4/c23-17-2-1-3-19(28-8-10-32-11-9-28)16(17)13-26-22(25)27-20(29)15-6-4-14(5-7-15)12-18(24)21(30)31/h1-7,18H,8-13,24H2,(H,30,31)(H3,25,26,27,29)/t18-/m0/s1. The molecule has 0 unspecified atom stereocenters. The summed E-state index contributed by atoms with van der Waals surface area (Å²) in [7, 11) is 0. The molecule has 1 aliphatic heterocycles. The van der Waals surface area contributed by atoms with Gasteiger partial charge in [-0.15, -0.1) is 0 Å². The zero-order valence-electron chi connectivity index (χ0n) is 17.5. The summed E-state index contributed by atoms with van der Waals surface area (Å²) in [6, 6.07) is 10.1. The summed E-state index contributed by atoms with van der Waals surface area (Å²) in [5.41, 5.74) is 13.5. The minimum absolute atomic E-state index is 0.0303. The van der Waals surface area contributed by atoms with Crippen LogP contribution in [-0.4, -0.2) is 55.3 Å². The van der Waals surface area contributed by atoms with Crippen molar-refractivity contribution in [2.75, 3.05) is 31.2 Å². The molecule has 1 aliphatic rings. The normalized spacial score (nSPS) is 15.3. The van der Waals surface area contributed by atoms with Crippen molar-refractivity contribution in [1.82, 2.24) is 5.32 Å². The molecular formula is C22H26FN5O4. The van der Waals surface area contributed by atoms with E-state index in [9.17, 15) is 14.0 Å². The second-order valence-corrected chi connectivity index (χ2v) is 7.34. The minimum Gasteiger partial charge on any atom is -0.480 e. The van der Waals surface area contributed by atoms with Gasteiger partial charge in [-0.2, -0.15) is 0 Å². The van der Waals surface area contributed by atoms with E-state index in [1.54, 1.807) is 30.3 Å². The van der Waals surface area contributed by atoms with Gasteiger partial charge in [-0.05, 0) is 36.2 Å². The van der Waals surface area contributed by atoms with E-state index in [2.05, 4.69) is 10.3 Å². The Labute approximate surface area is 184 Å². The first-order valence-electron chi connectivity index (χ1n) is 10.1. The largest absolute Gasteiger partial charge is 0.480 e. The molecule has 0 aromatic heterocycles. The molecule has 1 heterocycles. The molecule has 32 heavy (non-hydrogen) atoms. The number of amides is 1. The highest BCUT2D eigenvalue weighted by Gasteiger charge is 2.17. The molecule has 2 aromatic carbocycles. The summed E-state index contributed by atoms with van der Waals surface area (Å²) in [4.78, 5) is 29.4. The van der Waals surface area contributed by atoms with E-state index in [1.807, 2.05) is 11.0 Å². The Morgan fingerprint density at radius 2 is 1.88 bits per heavy atom. The zero-order valence-corrected chi connectivity index (χ0v) is 17.5. The van der Waals surface area contributed by atoms with E-state index in [-0.39, 0.29) is 18.9 Å². The SMILES string of the molecule is NC(=NCc1c(F)cccc1N1CCOCC1)NC(=O)c1ccc(C[C@H](N)C(=O)O)cc1. The van der Waals surface area contributed by atoms with Crippen molar-refractivity contribution in [3.63, 3.8) is 0 Å². The first-order chi connectivity index (χ1) is 15.3. The summed E-state index contributed by atoms with van der Waals surface area (Å²) in [5, 5.41) is 11.4. The van der Waals surface area contributed by atoms with Crippen LogP contribution in [0, 0.1) is 5.82 Å². The number of nitrogens with one attached hydrogen (secondary N) is 1. The first kappa shape index (κ1) is 23.2. The molecule has 1 amide bonds. The molecule has 0 bridgehead atoms. The average molecular weight is 443 g/mol. The van der Waals surface area contributed by atoms with E-state index < -0.39 is 23.7 Å². The Bertz CT molecular complexity index is 990. The summed E-state index contributed by atoms with van der Waals surface area (Å²) < 4.78 is 19.8. The predicted octanol–water partition coefficient (Wildman–Crippen LogP) is 0.861. The van der Waals surface area contributed by atoms with E-state index >= 15 is 0 Å². The summed E-state index contributed by atoms with van der Waals surface area (Å²) in [6.07, 6.45) is 0.148. The van der Waals surface area contributed by atoms with Crippen molar-refractivity contribution in [3.05, 3.63) is 65.0 Å². The highest BCUT2D eigenvalue weighted by Crippen LogP contribution is 2.25. The lowest BCUT2D eigenvalue weighted by molar-refractivity contribution is -0.138. The summed E-state index contributed by atoms with van der Waals surface area (Å²) in [6.45, 7) is 2.41. The van der Waals surface area contributed by atoms with Crippen molar-refractivity contribution in [2.24, 2.45) is 16.5 Å². The van der Waals surface area contributed by atoms with Crippen LogP contribution in [0.15, 0.2) is 47.5 Å². The van der Waals surface area contributed by atoms with Gasteiger partial charge < -0.3 is 26.2 Å². The number of rotatable bonds is 7. The number of benzene rings is 2. The molecule has 1 saturated heterocycles. The number of guanidine groups is 1. The van der Waals surface area contributed by atoms with Crippen LogP contribution in [0.2, 0.25) is 0 Å². The third-order valence-electron chi connectivity index (χ3n) is 5.08. The van der Waals surface area contributed by atoms with Gasteiger partial charge in [0.25, 0.3) is 5.91 Å². The topological polar surface area (TPSA) is 143 Å². The van der Waals surface area contributed by atoms with Crippen LogP contribution < -0.4 is 21.7 Å². The molecule has 1 fully saturated rings. The Morgan fingerprint density at radius 1 is 1.19 bits per heavy atom. The lowest BCUT2D eigenvalue weighted by Crippen LogP contribution is -2.37. The van der Waals surface area contributed by atoms with Crippen LogP contribution >= 0.6 is 0 Å². The number of halogens is 1. The molecule has 2 aromatic rings.